The largest absolute Gasteiger partial charge is 0.416 e. The molecular formula is C22H22Cl2F3N3O2S. The number of alkyl halides is 3. The fourth-order valence-electron chi connectivity index (χ4n) is 3.57. The topological polar surface area (TPSA) is 45.7 Å². The van der Waals surface area contributed by atoms with Crippen molar-refractivity contribution in [1.29, 1.82) is 0 Å². The fourth-order valence-corrected chi connectivity index (χ4v) is 5.01. The average molecular weight is 520 g/mol. The van der Waals surface area contributed by atoms with E-state index in [1.54, 1.807) is 6.07 Å². The second-order valence-corrected chi connectivity index (χ2v) is 9.00. The second kappa shape index (κ2) is 10.6. The van der Waals surface area contributed by atoms with Crippen LogP contribution in [0.2, 0.25) is 5.02 Å². The molecule has 33 heavy (non-hydrogen) atoms. The lowest BCUT2D eigenvalue weighted by Crippen LogP contribution is -2.43. The molecule has 0 spiro atoms. The van der Waals surface area contributed by atoms with Crippen molar-refractivity contribution >= 4 is 56.6 Å². The first-order valence-corrected chi connectivity index (χ1v) is 11.3. The summed E-state index contributed by atoms with van der Waals surface area (Å²) in [5, 5.41) is 1.07. The molecule has 0 bridgehead atoms. The van der Waals surface area contributed by atoms with Gasteiger partial charge in [0.25, 0.3) is 5.91 Å². The molecule has 3 aromatic rings. The van der Waals surface area contributed by atoms with E-state index in [1.807, 2.05) is 13.0 Å². The van der Waals surface area contributed by atoms with E-state index in [9.17, 15) is 18.0 Å². The summed E-state index contributed by atoms with van der Waals surface area (Å²) < 4.78 is 45.0. The minimum atomic E-state index is -4.46. The number of aromatic nitrogens is 1. The summed E-state index contributed by atoms with van der Waals surface area (Å²) in [5.41, 5.74) is 1.03. The Balaban J connectivity index is 0.00000306. The quantitative estimate of drug-likeness (QED) is 0.435. The van der Waals surface area contributed by atoms with Crippen LogP contribution in [0.5, 0.6) is 0 Å². The Morgan fingerprint density at radius 1 is 1.21 bits per heavy atom. The van der Waals surface area contributed by atoms with Gasteiger partial charge in [0.1, 0.15) is 0 Å². The second-order valence-electron chi connectivity index (χ2n) is 7.55. The molecule has 0 aliphatic carbocycles. The Labute approximate surface area is 204 Å². The molecular weight excluding hydrogens is 498 g/mol. The van der Waals surface area contributed by atoms with Crippen LogP contribution >= 0.6 is 35.3 Å². The zero-order valence-electron chi connectivity index (χ0n) is 17.7. The number of carbonyl (C=O) groups excluding carboxylic acids is 1. The number of amides is 1. The number of carbonyl (C=O) groups is 1. The van der Waals surface area contributed by atoms with E-state index in [-0.39, 0.29) is 18.0 Å². The highest BCUT2D eigenvalue weighted by Gasteiger charge is 2.31. The molecule has 0 N–H and O–H groups in total. The highest BCUT2D eigenvalue weighted by atomic mass is 35.5. The molecule has 0 radical (unpaired) electrons. The Morgan fingerprint density at radius 3 is 2.52 bits per heavy atom. The molecule has 4 rings (SSSR count). The summed E-state index contributed by atoms with van der Waals surface area (Å²) in [4.78, 5) is 21.7. The van der Waals surface area contributed by atoms with Crippen LogP contribution in [0.25, 0.3) is 10.2 Å². The summed E-state index contributed by atoms with van der Waals surface area (Å²) in [6, 6.07) is 7.88. The first-order chi connectivity index (χ1) is 15.2. The number of aryl methyl sites for hydroxylation is 1. The van der Waals surface area contributed by atoms with Gasteiger partial charge >= 0.3 is 6.18 Å². The van der Waals surface area contributed by atoms with E-state index in [0.717, 1.165) is 41.0 Å². The number of morpholine rings is 1. The van der Waals surface area contributed by atoms with Crippen molar-refractivity contribution in [2.45, 2.75) is 13.1 Å². The molecule has 0 unspecified atom stereocenters. The lowest BCUT2D eigenvalue weighted by Gasteiger charge is -2.29. The third-order valence-corrected chi connectivity index (χ3v) is 6.56. The lowest BCUT2D eigenvalue weighted by atomic mass is 10.1. The van der Waals surface area contributed by atoms with Crippen LogP contribution in [0.4, 0.5) is 18.3 Å². The first kappa shape index (κ1) is 25.7. The maximum atomic E-state index is 13.3. The number of hydrogen-bond donors (Lipinski definition) is 0. The average Bonchev–Trinajstić information content (AvgIpc) is 3.18. The summed E-state index contributed by atoms with van der Waals surface area (Å²) in [6.07, 6.45) is -4.46. The van der Waals surface area contributed by atoms with Crippen molar-refractivity contribution in [2.24, 2.45) is 0 Å². The molecule has 1 aliphatic heterocycles. The van der Waals surface area contributed by atoms with E-state index in [2.05, 4.69) is 9.88 Å². The van der Waals surface area contributed by atoms with E-state index >= 15 is 0 Å². The fraction of sp³-hybridized carbons (Fsp3) is 0.364. The van der Waals surface area contributed by atoms with E-state index in [4.69, 9.17) is 16.3 Å². The summed E-state index contributed by atoms with van der Waals surface area (Å²) in [7, 11) is 0. The van der Waals surface area contributed by atoms with Gasteiger partial charge in [-0.25, -0.2) is 4.98 Å². The standard InChI is InChI=1S/C22H21ClF3N3O2S.ClH/c1-14-12-17(23)13-18-19(14)27-21(32-18)29(7-6-28-8-10-31-11-9-28)20(30)15-2-4-16(5-3-15)22(24,25)26;/h2-5,12-13H,6-11H2,1H3;1H. The predicted octanol–water partition coefficient (Wildman–Crippen LogP) is 5.68. The van der Waals surface area contributed by atoms with E-state index in [0.29, 0.717) is 36.5 Å². The Kier molecular flexibility index (Phi) is 8.23. The number of nitrogens with zero attached hydrogens (tertiary/aromatic N) is 3. The molecule has 2 aromatic carbocycles. The molecule has 1 fully saturated rings. The van der Waals surface area contributed by atoms with Crippen molar-refractivity contribution in [3.8, 4) is 0 Å². The molecule has 178 valence electrons. The minimum Gasteiger partial charge on any atom is -0.379 e. The molecule has 5 nitrogen and oxygen atoms in total. The van der Waals surface area contributed by atoms with Gasteiger partial charge in [0, 0.05) is 36.8 Å². The number of thiazole rings is 1. The zero-order valence-corrected chi connectivity index (χ0v) is 20.1. The maximum absolute atomic E-state index is 13.3. The lowest BCUT2D eigenvalue weighted by molar-refractivity contribution is -0.137. The predicted molar refractivity (Wildman–Crippen MR) is 127 cm³/mol. The number of hydrogen-bond acceptors (Lipinski definition) is 5. The SMILES string of the molecule is Cc1cc(Cl)cc2sc(N(CCN3CCOCC3)C(=O)c3ccc(C(F)(F)F)cc3)nc12.Cl. The normalized spacial score (nSPS) is 14.8. The van der Waals surface area contributed by atoms with Gasteiger partial charge in [0.2, 0.25) is 0 Å². The van der Waals surface area contributed by atoms with Crippen LogP contribution in [0.3, 0.4) is 0 Å². The molecule has 1 aromatic heterocycles. The van der Waals surface area contributed by atoms with Gasteiger partial charge in [-0.2, -0.15) is 13.2 Å². The molecule has 0 saturated carbocycles. The van der Waals surface area contributed by atoms with Crippen molar-refractivity contribution in [3.63, 3.8) is 0 Å². The maximum Gasteiger partial charge on any atom is 0.416 e. The minimum absolute atomic E-state index is 0. The van der Waals surface area contributed by atoms with Crippen molar-refractivity contribution in [1.82, 2.24) is 9.88 Å². The van der Waals surface area contributed by atoms with Crippen LogP contribution in [0.15, 0.2) is 36.4 Å². The number of ether oxygens (including phenoxy) is 1. The third kappa shape index (κ3) is 5.96. The van der Waals surface area contributed by atoms with Gasteiger partial charge in [-0.15, -0.1) is 12.4 Å². The number of anilines is 1. The van der Waals surface area contributed by atoms with E-state index < -0.39 is 17.6 Å². The number of rotatable bonds is 5. The molecule has 1 amide bonds. The number of fused-ring (bicyclic) bond motifs is 1. The van der Waals surface area contributed by atoms with Crippen LogP contribution < -0.4 is 4.90 Å². The Hall–Kier alpha value is -1.91. The van der Waals surface area contributed by atoms with Gasteiger partial charge < -0.3 is 4.74 Å². The van der Waals surface area contributed by atoms with Crippen LogP contribution in [0.1, 0.15) is 21.5 Å². The smallest absolute Gasteiger partial charge is 0.379 e. The third-order valence-electron chi connectivity index (χ3n) is 5.32. The molecule has 2 heterocycles. The van der Waals surface area contributed by atoms with Gasteiger partial charge in [0.15, 0.2) is 5.13 Å². The van der Waals surface area contributed by atoms with Gasteiger partial charge in [-0.05, 0) is 48.9 Å². The summed E-state index contributed by atoms with van der Waals surface area (Å²) in [6.45, 7) is 5.64. The molecule has 11 heteroatoms. The van der Waals surface area contributed by atoms with Crippen LogP contribution in [-0.4, -0.2) is 55.2 Å². The van der Waals surface area contributed by atoms with Crippen molar-refractivity contribution in [3.05, 3.63) is 58.1 Å². The Morgan fingerprint density at radius 2 is 1.88 bits per heavy atom. The van der Waals surface area contributed by atoms with Crippen LogP contribution in [-0.2, 0) is 10.9 Å². The highest BCUT2D eigenvalue weighted by Crippen LogP contribution is 2.34. The highest BCUT2D eigenvalue weighted by molar-refractivity contribution is 7.22. The van der Waals surface area contributed by atoms with Gasteiger partial charge in [-0.1, -0.05) is 22.9 Å². The summed E-state index contributed by atoms with van der Waals surface area (Å²) >= 11 is 7.51. The van der Waals surface area contributed by atoms with Crippen molar-refractivity contribution in [2.75, 3.05) is 44.3 Å². The molecule has 1 aliphatic rings. The first-order valence-electron chi connectivity index (χ1n) is 10.1. The Bertz CT molecular complexity index is 1120. The number of benzene rings is 2. The van der Waals surface area contributed by atoms with Gasteiger partial charge in [0.05, 0.1) is 29.0 Å². The summed E-state index contributed by atoms with van der Waals surface area (Å²) in [5.74, 6) is -0.394. The number of halogens is 5. The van der Waals surface area contributed by atoms with Crippen molar-refractivity contribution < 1.29 is 22.7 Å². The monoisotopic (exact) mass is 519 g/mol. The van der Waals surface area contributed by atoms with Gasteiger partial charge in [-0.3, -0.25) is 14.6 Å². The van der Waals surface area contributed by atoms with Crippen LogP contribution in [0, 0.1) is 6.92 Å². The zero-order chi connectivity index (χ0) is 22.9. The van der Waals surface area contributed by atoms with E-state index in [1.165, 1.54) is 28.4 Å². The molecule has 0 atom stereocenters. The molecule has 1 saturated heterocycles.